The van der Waals surface area contributed by atoms with Crippen LogP contribution in [0, 0.1) is 0 Å². The molecule has 0 aliphatic carbocycles. The Hall–Kier alpha value is -3.45. The fourth-order valence-electron chi connectivity index (χ4n) is 2.94. The third kappa shape index (κ3) is 3.05. The van der Waals surface area contributed by atoms with E-state index < -0.39 is 0 Å². The average Bonchev–Trinajstić information content (AvgIpc) is 3.32. The number of rotatable bonds is 3. The van der Waals surface area contributed by atoms with E-state index in [0.717, 1.165) is 15.4 Å². The third-order valence-corrected chi connectivity index (χ3v) is 4.68. The Balaban J connectivity index is 1.43. The number of nitrogens with zero attached hydrogens (tertiary/aromatic N) is 2. The average molecular weight is 434 g/mol. The number of carbonyl (C=O) groups is 1. The van der Waals surface area contributed by atoms with E-state index in [1.54, 1.807) is 36.7 Å². The monoisotopic (exact) mass is 433 g/mol. The van der Waals surface area contributed by atoms with E-state index in [2.05, 4.69) is 31.2 Å². The quantitative estimate of drug-likeness (QED) is 0.397. The summed E-state index contributed by atoms with van der Waals surface area (Å²) < 4.78 is 12.2. The SMILES string of the molecule is O=C(Nc1ccc2oc(-c3cncc(Br)c3)nc2c1)c1cc2ccccc2o1. The first-order valence-corrected chi connectivity index (χ1v) is 9.26. The molecule has 3 aromatic heterocycles. The van der Waals surface area contributed by atoms with E-state index in [1.807, 2.05) is 30.3 Å². The molecule has 0 bridgehead atoms. The molecule has 28 heavy (non-hydrogen) atoms. The lowest BCUT2D eigenvalue weighted by atomic mass is 10.2. The summed E-state index contributed by atoms with van der Waals surface area (Å²) >= 11 is 3.39. The number of para-hydroxylation sites is 1. The fourth-order valence-corrected chi connectivity index (χ4v) is 3.31. The van der Waals surface area contributed by atoms with Gasteiger partial charge in [0.2, 0.25) is 5.89 Å². The van der Waals surface area contributed by atoms with Crippen LogP contribution in [-0.4, -0.2) is 15.9 Å². The van der Waals surface area contributed by atoms with Crippen LogP contribution in [0.1, 0.15) is 10.6 Å². The molecule has 7 heteroatoms. The van der Waals surface area contributed by atoms with Gasteiger partial charge in [0, 0.05) is 27.9 Å². The zero-order valence-corrected chi connectivity index (χ0v) is 15.9. The van der Waals surface area contributed by atoms with Crippen LogP contribution in [0.25, 0.3) is 33.5 Å². The number of halogens is 1. The Bertz CT molecular complexity index is 1310. The lowest BCUT2D eigenvalue weighted by molar-refractivity contribution is 0.0998. The summed E-state index contributed by atoms with van der Waals surface area (Å²) in [6.07, 6.45) is 3.37. The molecular formula is C21H12BrN3O3. The Labute approximate surface area is 167 Å². The second-order valence-corrected chi connectivity index (χ2v) is 7.11. The van der Waals surface area contributed by atoms with Crippen molar-refractivity contribution >= 4 is 49.6 Å². The van der Waals surface area contributed by atoms with Crippen molar-refractivity contribution in [3.63, 3.8) is 0 Å². The number of amides is 1. The van der Waals surface area contributed by atoms with E-state index in [4.69, 9.17) is 8.83 Å². The highest BCUT2D eigenvalue weighted by atomic mass is 79.9. The summed E-state index contributed by atoms with van der Waals surface area (Å²) in [7, 11) is 0. The summed E-state index contributed by atoms with van der Waals surface area (Å²) in [4.78, 5) is 21.1. The van der Waals surface area contributed by atoms with E-state index in [-0.39, 0.29) is 11.7 Å². The largest absolute Gasteiger partial charge is 0.451 e. The minimum atomic E-state index is -0.324. The third-order valence-electron chi connectivity index (χ3n) is 4.25. The molecule has 3 heterocycles. The molecule has 2 aromatic carbocycles. The predicted molar refractivity (Wildman–Crippen MR) is 109 cm³/mol. The minimum absolute atomic E-state index is 0.252. The lowest BCUT2D eigenvalue weighted by Gasteiger charge is -2.02. The number of anilines is 1. The number of oxazole rings is 1. The first kappa shape index (κ1) is 16.7. The Morgan fingerprint density at radius 1 is 0.964 bits per heavy atom. The number of furan rings is 1. The van der Waals surface area contributed by atoms with Crippen LogP contribution in [0.15, 0.2) is 80.3 Å². The van der Waals surface area contributed by atoms with Crippen LogP contribution >= 0.6 is 15.9 Å². The van der Waals surface area contributed by atoms with Crippen molar-refractivity contribution in [3.8, 4) is 11.5 Å². The molecule has 0 fully saturated rings. The van der Waals surface area contributed by atoms with E-state index in [0.29, 0.717) is 28.3 Å². The van der Waals surface area contributed by atoms with Gasteiger partial charge in [0.1, 0.15) is 11.1 Å². The highest BCUT2D eigenvalue weighted by molar-refractivity contribution is 9.10. The number of fused-ring (bicyclic) bond motifs is 2. The highest BCUT2D eigenvalue weighted by Gasteiger charge is 2.14. The van der Waals surface area contributed by atoms with Gasteiger partial charge < -0.3 is 14.2 Å². The van der Waals surface area contributed by atoms with Crippen molar-refractivity contribution in [2.24, 2.45) is 0 Å². The molecule has 0 aliphatic heterocycles. The topological polar surface area (TPSA) is 81.2 Å². The van der Waals surface area contributed by atoms with Crippen molar-refractivity contribution in [1.82, 2.24) is 9.97 Å². The predicted octanol–water partition coefficient (Wildman–Crippen LogP) is 5.65. The summed E-state index contributed by atoms with van der Waals surface area (Å²) in [5.74, 6) is 0.391. The van der Waals surface area contributed by atoms with Crippen molar-refractivity contribution in [2.45, 2.75) is 0 Å². The van der Waals surface area contributed by atoms with Crippen LogP contribution in [0.3, 0.4) is 0 Å². The Kier molecular flexibility index (Phi) is 3.95. The molecule has 0 saturated carbocycles. The first-order chi connectivity index (χ1) is 13.7. The molecule has 0 unspecified atom stereocenters. The number of pyridine rings is 1. The molecular weight excluding hydrogens is 422 g/mol. The van der Waals surface area contributed by atoms with Gasteiger partial charge in [-0.15, -0.1) is 0 Å². The van der Waals surface area contributed by atoms with Gasteiger partial charge in [0.25, 0.3) is 5.91 Å². The Morgan fingerprint density at radius 3 is 2.71 bits per heavy atom. The second-order valence-electron chi connectivity index (χ2n) is 6.20. The number of aromatic nitrogens is 2. The molecule has 0 radical (unpaired) electrons. The van der Waals surface area contributed by atoms with Crippen molar-refractivity contribution in [3.05, 3.63) is 77.2 Å². The maximum absolute atomic E-state index is 12.5. The summed E-state index contributed by atoms with van der Waals surface area (Å²) in [5.41, 5.74) is 3.30. The molecule has 1 N–H and O–H groups in total. The van der Waals surface area contributed by atoms with Gasteiger partial charge in [0.05, 0.1) is 5.56 Å². The molecule has 0 atom stereocenters. The van der Waals surface area contributed by atoms with Gasteiger partial charge in [-0.3, -0.25) is 9.78 Å². The number of carbonyl (C=O) groups excluding carboxylic acids is 1. The summed E-state index contributed by atoms with van der Waals surface area (Å²) in [6.45, 7) is 0. The number of benzene rings is 2. The molecule has 0 saturated heterocycles. The summed E-state index contributed by atoms with van der Waals surface area (Å²) in [6, 6.07) is 16.4. The highest BCUT2D eigenvalue weighted by Crippen LogP contribution is 2.27. The van der Waals surface area contributed by atoms with Gasteiger partial charge in [-0.25, -0.2) is 4.98 Å². The lowest BCUT2D eigenvalue weighted by Crippen LogP contribution is -2.10. The van der Waals surface area contributed by atoms with Gasteiger partial charge in [0.15, 0.2) is 11.3 Å². The maximum atomic E-state index is 12.5. The van der Waals surface area contributed by atoms with Crippen LogP contribution in [-0.2, 0) is 0 Å². The standard InChI is InChI=1S/C21H12BrN3O3/c22-14-7-13(10-23-11-14)21-25-16-9-15(5-6-18(16)28-21)24-20(26)19-8-12-3-1-2-4-17(12)27-19/h1-11H,(H,24,26). The summed E-state index contributed by atoms with van der Waals surface area (Å²) in [5, 5.41) is 3.72. The molecule has 5 rings (SSSR count). The van der Waals surface area contributed by atoms with Crippen LogP contribution in [0.2, 0.25) is 0 Å². The first-order valence-electron chi connectivity index (χ1n) is 8.47. The Morgan fingerprint density at radius 2 is 1.86 bits per heavy atom. The van der Waals surface area contributed by atoms with E-state index in [9.17, 15) is 4.79 Å². The van der Waals surface area contributed by atoms with Gasteiger partial charge >= 0.3 is 0 Å². The van der Waals surface area contributed by atoms with Crippen LogP contribution in [0.5, 0.6) is 0 Å². The van der Waals surface area contributed by atoms with Gasteiger partial charge in [-0.05, 0) is 52.3 Å². The minimum Gasteiger partial charge on any atom is -0.451 e. The second kappa shape index (κ2) is 6.61. The van der Waals surface area contributed by atoms with Crippen molar-refractivity contribution in [1.29, 1.82) is 0 Å². The van der Waals surface area contributed by atoms with Crippen LogP contribution in [0.4, 0.5) is 5.69 Å². The molecule has 136 valence electrons. The zero-order valence-electron chi connectivity index (χ0n) is 14.3. The van der Waals surface area contributed by atoms with Crippen LogP contribution < -0.4 is 5.32 Å². The zero-order chi connectivity index (χ0) is 19.1. The van der Waals surface area contributed by atoms with Crippen molar-refractivity contribution < 1.29 is 13.6 Å². The van der Waals surface area contributed by atoms with Crippen molar-refractivity contribution in [2.75, 3.05) is 5.32 Å². The molecule has 6 nitrogen and oxygen atoms in total. The van der Waals surface area contributed by atoms with Gasteiger partial charge in [-0.1, -0.05) is 18.2 Å². The fraction of sp³-hybridized carbons (Fsp3) is 0. The molecule has 0 spiro atoms. The van der Waals surface area contributed by atoms with Gasteiger partial charge in [-0.2, -0.15) is 0 Å². The molecule has 5 aromatic rings. The normalized spacial score (nSPS) is 11.2. The number of hydrogen-bond acceptors (Lipinski definition) is 5. The van der Waals surface area contributed by atoms with E-state index >= 15 is 0 Å². The number of hydrogen-bond donors (Lipinski definition) is 1. The molecule has 0 aliphatic rings. The maximum Gasteiger partial charge on any atom is 0.291 e. The molecule has 1 amide bonds. The smallest absolute Gasteiger partial charge is 0.291 e. The van der Waals surface area contributed by atoms with E-state index in [1.165, 1.54) is 0 Å². The number of nitrogens with one attached hydrogen (secondary N) is 1.